The van der Waals surface area contributed by atoms with Crippen LogP contribution in [0.15, 0.2) is 29.2 Å². The Hall–Kier alpha value is -1.40. The molecule has 128 valence electrons. The maximum Gasteiger partial charge on any atom is 0.253 e. The summed E-state index contributed by atoms with van der Waals surface area (Å²) in [5.74, 6) is 0.205. The monoisotopic (exact) mass is 338 g/mol. The van der Waals surface area contributed by atoms with Crippen LogP contribution in [0.3, 0.4) is 0 Å². The molecule has 0 radical (unpaired) electrons. The number of amides is 1. The summed E-state index contributed by atoms with van der Waals surface area (Å²) in [5.41, 5.74) is 0.405. The first-order valence-corrected chi connectivity index (χ1v) is 9.66. The summed E-state index contributed by atoms with van der Waals surface area (Å²) >= 11 is 0. The Morgan fingerprint density at radius 3 is 2.57 bits per heavy atom. The van der Waals surface area contributed by atoms with Gasteiger partial charge in [-0.05, 0) is 37.0 Å². The average Bonchev–Trinajstić information content (AvgIpc) is 2.98. The van der Waals surface area contributed by atoms with Crippen molar-refractivity contribution in [3.63, 3.8) is 0 Å². The summed E-state index contributed by atoms with van der Waals surface area (Å²) in [7, 11) is -1.83. The third kappa shape index (κ3) is 4.78. The van der Waals surface area contributed by atoms with Gasteiger partial charge in [0.1, 0.15) is 0 Å². The van der Waals surface area contributed by atoms with Crippen LogP contribution in [0, 0.1) is 5.92 Å². The number of benzene rings is 1. The first kappa shape index (κ1) is 17.9. The third-order valence-electron chi connectivity index (χ3n) is 4.05. The summed E-state index contributed by atoms with van der Waals surface area (Å²) in [6.45, 7) is 4.71. The zero-order chi connectivity index (χ0) is 17.0. The number of rotatable bonds is 6. The molecule has 23 heavy (non-hydrogen) atoms. The van der Waals surface area contributed by atoms with Crippen LogP contribution < -0.4 is 4.72 Å². The van der Waals surface area contributed by atoms with Gasteiger partial charge in [0, 0.05) is 25.2 Å². The van der Waals surface area contributed by atoms with E-state index in [1.807, 2.05) is 13.8 Å². The predicted molar refractivity (Wildman–Crippen MR) is 90.8 cm³/mol. The summed E-state index contributed by atoms with van der Waals surface area (Å²) in [5, 5.41) is 0. The molecular formula is C17H26N2O3S. The van der Waals surface area contributed by atoms with E-state index in [1.165, 1.54) is 12.1 Å². The highest BCUT2D eigenvalue weighted by Gasteiger charge is 2.24. The van der Waals surface area contributed by atoms with Crippen molar-refractivity contribution in [3.8, 4) is 0 Å². The lowest BCUT2D eigenvalue weighted by atomic mass is 10.1. The van der Waals surface area contributed by atoms with Crippen molar-refractivity contribution in [2.45, 2.75) is 50.5 Å². The zero-order valence-electron chi connectivity index (χ0n) is 14.1. The van der Waals surface area contributed by atoms with E-state index in [4.69, 9.17) is 0 Å². The fourth-order valence-corrected chi connectivity index (χ4v) is 4.33. The molecule has 0 atom stereocenters. The maximum atomic E-state index is 12.5. The molecule has 0 spiro atoms. The van der Waals surface area contributed by atoms with E-state index in [-0.39, 0.29) is 16.8 Å². The van der Waals surface area contributed by atoms with E-state index < -0.39 is 10.0 Å². The predicted octanol–water partition coefficient (Wildman–Crippen LogP) is 2.64. The maximum absolute atomic E-state index is 12.5. The number of hydrogen-bond donors (Lipinski definition) is 1. The van der Waals surface area contributed by atoms with Crippen LogP contribution in [-0.4, -0.2) is 38.9 Å². The largest absolute Gasteiger partial charge is 0.341 e. The van der Waals surface area contributed by atoms with Gasteiger partial charge in [-0.2, -0.15) is 0 Å². The second kappa shape index (κ2) is 7.45. The molecule has 0 bridgehead atoms. The average molecular weight is 338 g/mol. The van der Waals surface area contributed by atoms with Crippen LogP contribution in [0.4, 0.5) is 0 Å². The standard InChI is InChI=1S/C17H26N2O3S/c1-13(2)12-19(3)17(20)14-7-6-10-16(11-14)23(21,22)18-15-8-4-5-9-15/h6-7,10-11,13,15,18H,4-5,8-9,12H2,1-3H3. The normalized spacial score (nSPS) is 16.0. The molecule has 1 amide bonds. The van der Waals surface area contributed by atoms with Crippen molar-refractivity contribution >= 4 is 15.9 Å². The highest BCUT2D eigenvalue weighted by molar-refractivity contribution is 7.89. The third-order valence-corrected chi connectivity index (χ3v) is 5.57. The van der Waals surface area contributed by atoms with Crippen molar-refractivity contribution < 1.29 is 13.2 Å². The number of sulfonamides is 1. The quantitative estimate of drug-likeness (QED) is 0.867. The SMILES string of the molecule is CC(C)CN(C)C(=O)c1cccc(S(=O)(=O)NC2CCCC2)c1. The Morgan fingerprint density at radius 1 is 1.30 bits per heavy atom. The van der Waals surface area contributed by atoms with E-state index in [0.29, 0.717) is 18.0 Å². The minimum Gasteiger partial charge on any atom is -0.341 e. The molecule has 0 saturated heterocycles. The summed E-state index contributed by atoms with van der Waals surface area (Å²) < 4.78 is 27.7. The van der Waals surface area contributed by atoms with Crippen LogP contribution in [0.1, 0.15) is 49.9 Å². The molecule has 2 rings (SSSR count). The van der Waals surface area contributed by atoms with Gasteiger partial charge in [0.15, 0.2) is 0 Å². The van der Waals surface area contributed by atoms with E-state index >= 15 is 0 Å². The Balaban J connectivity index is 2.16. The molecule has 0 heterocycles. The highest BCUT2D eigenvalue weighted by Crippen LogP contribution is 2.21. The minimum absolute atomic E-state index is 0.0166. The van der Waals surface area contributed by atoms with Crippen LogP contribution in [0.2, 0.25) is 0 Å². The number of hydrogen-bond acceptors (Lipinski definition) is 3. The van der Waals surface area contributed by atoms with Crippen LogP contribution >= 0.6 is 0 Å². The molecule has 5 nitrogen and oxygen atoms in total. The molecular weight excluding hydrogens is 312 g/mol. The van der Waals surface area contributed by atoms with Crippen molar-refractivity contribution in [3.05, 3.63) is 29.8 Å². The Bertz CT molecular complexity index is 650. The molecule has 1 aromatic rings. The fourth-order valence-electron chi connectivity index (χ4n) is 2.98. The van der Waals surface area contributed by atoms with Gasteiger partial charge in [-0.3, -0.25) is 4.79 Å². The fraction of sp³-hybridized carbons (Fsp3) is 0.588. The Kier molecular flexibility index (Phi) is 5.81. The topological polar surface area (TPSA) is 66.5 Å². The number of carbonyl (C=O) groups excluding carboxylic acids is 1. The molecule has 1 saturated carbocycles. The van der Waals surface area contributed by atoms with E-state index in [2.05, 4.69) is 4.72 Å². The van der Waals surface area contributed by atoms with Gasteiger partial charge in [0.05, 0.1) is 4.90 Å². The number of carbonyl (C=O) groups is 1. The van der Waals surface area contributed by atoms with Gasteiger partial charge >= 0.3 is 0 Å². The van der Waals surface area contributed by atoms with Crippen LogP contribution in [0.25, 0.3) is 0 Å². The Morgan fingerprint density at radius 2 is 1.96 bits per heavy atom. The highest BCUT2D eigenvalue weighted by atomic mass is 32.2. The van der Waals surface area contributed by atoms with Gasteiger partial charge in [-0.1, -0.05) is 32.8 Å². The van der Waals surface area contributed by atoms with Gasteiger partial charge in [-0.15, -0.1) is 0 Å². The summed E-state index contributed by atoms with van der Waals surface area (Å²) in [6.07, 6.45) is 3.89. The second-order valence-corrected chi connectivity index (χ2v) is 8.42. The lowest BCUT2D eigenvalue weighted by Gasteiger charge is -2.20. The number of nitrogens with zero attached hydrogens (tertiary/aromatic N) is 1. The van der Waals surface area contributed by atoms with Gasteiger partial charge in [-0.25, -0.2) is 13.1 Å². The van der Waals surface area contributed by atoms with E-state index in [9.17, 15) is 13.2 Å². The van der Waals surface area contributed by atoms with Crippen molar-refractivity contribution in [2.75, 3.05) is 13.6 Å². The second-order valence-electron chi connectivity index (χ2n) is 6.71. The Labute approximate surface area is 139 Å². The molecule has 1 aliphatic carbocycles. The molecule has 1 N–H and O–H groups in total. The van der Waals surface area contributed by atoms with Crippen LogP contribution in [0.5, 0.6) is 0 Å². The van der Waals surface area contributed by atoms with Crippen molar-refractivity contribution in [2.24, 2.45) is 5.92 Å². The van der Waals surface area contributed by atoms with E-state index in [0.717, 1.165) is 25.7 Å². The van der Waals surface area contributed by atoms with Gasteiger partial charge in [0.2, 0.25) is 10.0 Å². The van der Waals surface area contributed by atoms with E-state index in [1.54, 1.807) is 24.1 Å². The molecule has 6 heteroatoms. The minimum atomic E-state index is -3.57. The molecule has 0 unspecified atom stereocenters. The van der Waals surface area contributed by atoms with Crippen molar-refractivity contribution in [1.29, 1.82) is 0 Å². The lowest BCUT2D eigenvalue weighted by molar-refractivity contribution is 0.0779. The smallest absolute Gasteiger partial charge is 0.253 e. The van der Waals surface area contributed by atoms with Crippen molar-refractivity contribution in [1.82, 2.24) is 9.62 Å². The molecule has 0 aromatic heterocycles. The molecule has 1 fully saturated rings. The first-order chi connectivity index (χ1) is 10.8. The number of nitrogens with one attached hydrogen (secondary N) is 1. The van der Waals surface area contributed by atoms with Crippen LogP contribution in [-0.2, 0) is 10.0 Å². The molecule has 0 aliphatic heterocycles. The lowest BCUT2D eigenvalue weighted by Crippen LogP contribution is -2.33. The molecule has 1 aromatic carbocycles. The zero-order valence-corrected chi connectivity index (χ0v) is 14.9. The van der Waals surface area contributed by atoms with Gasteiger partial charge < -0.3 is 4.90 Å². The first-order valence-electron chi connectivity index (χ1n) is 8.17. The summed E-state index contributed by atoms with van der Waals surface area (Å²) in [6, 6.07) is 6.31. The van der Waals surface area contributed by atoms with Gasteiger partial charge in [0.25, 0.3) is 5.91 Å². The summed E-state index contributed by atoms with van der Waals surface area (Å²) in [4.78, 5) is 14.2. The molecule has 1 aliphatic rings.